The summed E-state index contributed by atoms with van der Waals surface area (Å²) in [7, 11) is 3.84. The van der Waals surface area contributed by atoms with Crippen molar-refractivity contribution in [3.05, 3.63) is 117 Å². The molecule has 5 aromatic carbocycles. The number of aliphatic carboxylic acids is 1. The molecule has 0 aromatic heterocycles. The molecule has 24 nitrogen and oxygen atoms in total. The number of carbonyl (C=O) groups excluding carboxylic acids is 7. The van der Waals surface area contributed by atoms with Crippen molar-refractivity contribution in [2.75, 3.05) is 35.5 Å². The van der Waals surface area contributed by atoms with Gasteiger partial charge in [-0.15, -0.1) is 0 Å². The number of primary amides is 1. The van der Waals surface area contributed by atoms with E-state index in [-0.39, 0.29) is 95.3 Å². The lowest BCUT2D eigenvalue weighted by atomic mass is 9.89. The van der Waals surface area contributed by atoms with E-state index < -0.39 is 121 Å². The first-order chi connectivity index (χ1) is 42.4. The molecule has 10 N–H and O–H groups in total. The first-order valence-electron chi connectivity index (χ1n) is 28.7. The molecule has 90 heavy (non-hydrogen) atoms. The van der Waals surface area contributed by atoms with Crippen LogP contribution < -0.4 is 71.4 Å². The van der Waals surface area contributed by atoms with Gasteiger partial charge in [0, 0.05) is 28.7 Å². The molecule has 27 heteroatoms. The lowest BCUT2D eigenvalue weighted by Crippen LogP contribution is -2.59. The van der Waals surface area contributed by atoms with Gasteiger partial charge in [0.05, 0.1) is 57.1 Å². The van der Waals surface area contributed by atoms with Gasteiger partial charge in [0.25, 0.3) is 0 Å². The number of hydrogen-bond acceptors (Lipinski definition) is 16. The van der Waals surface area contributed by atoms with Crippen LogP contribution >= 0.6 is 23.2 Å². The van der Waals surface area contributed by atoms with Crippen LogP contribution in [0.3, 0.4) is 0 Å². The first-order valence-corrected chi connectivity index (χ1v) is 32.4. The SMILES string of the molecule is CN[C@@H](C(=O)N[C@H]1C(=O)N[C@@H](CC(N)=O)C(=O)N[C@H]2C(=O)N[C@H]3C(=O)N[C@H](C(=O)N[C@@H](C(=O)O)c4cc(OC)cc(OC)c4-c4cc3ccc4OC)[C@H](O[Si](C)(C)C(C)(C)C)c3ccc(c(Cl)c3)Oc3cc2cc(c3OC)Oc2ccc(cc2Cl)[C@H]1C)C(C)C. The highest BCUT2D eigenvalue weighted by Gasteiger charge is 2.46. The van der Waals surface area contributed by atoms with Crippen LogP contribution in [0, 0.1) is 5.92 Å². The average molecular weight is 1300 g/mol. The number of nitrogens with two attached hydrogens (primary N) is 1. The number of hydrogen-bond donors (Lipinski definition) is 9. The Bertz CT molecular complexity index is 3670. The molecule has 0 unspecified atom stereocenters. The maximum atomic E-state index is 16.0. The summed E-state index contributed by atoms with van der Waals surface area (Å²) in [6.45, 7) is 14.9. The Morgan fingerprint density at radius 3 is 1.80 bits per heavy atom. The van der Waals surface area contributed by atoms with E-state index in [4.69, 9.17) is 61.8 Å². The van der Waals surface area contributed by atoms with Gasteiger partial charge in [-0.05, 0) is 108 Å². The van der Waals surface area contributed by atoms with Crippen LogP contribution in [0.1, 0.15) is 106 Å². The van der Waals surface area contributed by atoms with Crippen LogP contribution in [0.15, 0.2) is 78.9 Å². The van der Waals surface area contributed by atoms with Gasteiger partial charge < -0.3 is 80.9 Å². The minimum atomic E-state index is -3.10. The summed E-state index contributed by atoms with van der Waals surface area (Å²) in [6.07, 6.45) is -2.32. The fourth-order valence-electron chi connectivity index (χ4n) is 10.7. The number of carboxylic acid groups (broad SMARTS) is 1. The van der Waals surface area contributed by atoms with Gasteiger partial charge in [-0.25, -0.2) is 4.79 Å². The molecule has 7 amide bonds. The lowest BCUT2D eigenvalue weighted by Gasteiger charge is -2.42. The highest BCUT2D eigenvalue weighted by Crippen LogP contribution is 2.49. The first kappa shape index (κ1) is 67.3. The number of carbonyl (C=O) groups is 8. The average Bonchev–Trinajstić information content (AvgIpc) is 0.793. The van der Waals surface area contributed by atoms with Crippen molar-refractivity contribution >= 4 is 78.8 Å². The molecule has 0 saturated heterocycles. The zero-order chi connectivity index (χ0) is 66.0. The topological polar surface area (TPSA) is 332 Å². The quantitative estimate of drug-likeness (QED) is 0.0521. The zero-order valence-electron chi connectivity index (χ0n) is 51.9. The van der Waals surface area contributed by atoms with Crippen LogP contribution in [-0.4, -0.2) is 120 Å². The van der Waals surface area contributed by atoms with Crippen LogP contribution in [0.2, 0.25) is 28.2 Å². The Morgan fingerprint density at radius 1 is 0.678 bits per heavy atom. The van der Waals surface area contributed by atoms with Crippen molar-refractivity contribution in [1.29, 1.82) is 0 Å². The maximum Gasteiger partial charge on any atom is 0.330 e. The Balaban J connectivity index is 1.45. The lowest BCUT2D eigenvalue weighted by molar-refractivity contribution is -0.143. The minimum absolute atomic E-state index is 0.00177. The van der Waals surface area contributed by atoms with Crippen molar-refractivity contribution in [2.24, 2.45) is 11.7 Å². The molecule has 0 fully saturated rings. The molecule has 0 aliphatic carbocycles. The monoisotopic (exact) mass is 1300 g/mol. The molecule has 480 valence electrons. The third kappa shape index (κ3) is 14.0. The highest BCUT2D eigenvalue weighted by atomic mass is 35.5. The van der Waals surface area contributed by atoms with E-state index in [1.165, 1.54) is 95.2 Å². The largest absolute Gasteiger partial charge is 0.497 e. The normalized spacial score (nSPS) is 21.5. The number of benzene rings is 5. The molecule has 0 spiro atoms. The van der Waals surface area contributed by atoms with Gasteiger partial charge in [-0.2, -0.15) is 0 Å². The Kier molecular flexibility index (Phi) is 20.4. The second-order valence-corrected chi connectivity index (χ2v) is 29.4. The van der Waals surface area contributed by atoms with Crippen LogP contribution in [0.4, 0.5) is 0 Å². The summed E-state index contributed by atoms with van der Waals surface area (Å²) in [5, 5.41) is 29.9. The summed E-state index contributed by atoms with van der Waals surface area (Å²) in [5.41, 5.74) is 6.44. The summed E-state index contributed by atoms with van der Waals surface area (Å²) >= 11 is 14.3. The van der Waals surface area contributed by atoms with Crippen molar-refractivity contribution < 1.29 is 76.3 Å². The molecule has 11 bridgehead atoms. The second kappa shape index (κ2) is 27.2. The molecular weight excluding hydrogens is 1220 g/mol. The van der Waals surface area contributed by atoms with E-state index in [9.17, 15) is 24.3 Å². The standard InChI is InChI=1S/C63H74Cl2N8O16Si/c1-28(2)48(67-7)57(76)69-49-29(3)30-14-18-41(37(64)21-30)87-44-23-33-24-45(55(44)86-11)88-42-19-16-32(22-38(42)65)54(89-90(12,13)63(4,5)6)53-61(80)72-52(62(81)82)36-25-34(83-8)26-43(85-10)47(36)35-20-31(15-17-40(35)84-9)50(59(78)73-53)71-60(79)51(33)70-56(75)39(27-46(66)74)68-58(49)77/h14-26,28-29,39,48-54,67H,27H2,1-13H3,(H2,66,74)(H,68,77)(H,69,76)(H,70,75)(H,71,79)(H,72,80)(H,73,78)(H,81,82)/t29-,39+,48-,49-,50-,51-,52-,53+,54-/m1/s1. The third-order valence-electron chi connectivity index (χ3n) is 16.6. The van der Waals surface area contributed by atoms with Crippen molar-refractivity contribution in [2.45, 2.75) is 120 Å². The smallest absolute Gasteiger partial charge is 0.330 e. The number of amides is 7. The van der Waals surface area contributed by atoms with Crippen LogP contribution in [-0.2, 0) is 42.8 Å². The van der Waals surface area contributed by atoms with E-state index in [1.54, 1.807) is 40.0 Å². The van der Waals surface area contributed by atoms with Crippen molar-refractivity contribution in [1.82, 2.24) is 37.2 Å². The number of fused-ring (bicyclic) bond motifs is 15. The molecule has 5 heterocycles. The van der Waals surface area contributed by atoms with Gasteiger partial charge in [-0.3, -0.25) is 33.6 Å². The molecule has 0 saturated carbocycles. The molecule has 5 aliphatic rings. The van der Waals surface area contributed by atoms with Gasteiger partial charge >= 0.3 is 5.97 Å². The Morgan fingerprint density at radius 2 is 1.26 bits per heavy atom. The van der Waals surface area contributed by atoms with Crippen molar-refractivity contribution in [3.8, 4) is 57.1 Å². The fourth-order valence-corrected chi connectivity index (χ4v) is 12.4. The number of halogens is 2. The number of ether oxygens (including phenoxy) is 6. The van der Waals surface area contributed by atoms with E-state index in [0.29, 0.717) is 5.56 Å². The third-order valence-corrected chi connectivity index (χ3v) is 21.7. The number of carboxylic acids is 1. The van der Waals surface area contributed by atoms with Crippen molar-refractivity contribution in [3.63, 3.8) is 0 Å². The molecule has 5 aliphatic heterocycles. The van der Waals surface area contributed by atoms with Crippen LogP contribution in [0.5, 0.6) is 46.0 Å². The van der Waals surface area contributed by atoms with Gasteiger partial charge in [0.1, 0.15) is 59.0 Å². The van der Waals surface area contributed by atoms with Gasteiger partial charge in [0.15, 0.2) is 25.9 Å². The van der Waals surface area contributed by atoms with Gasteiger partial charge in [0.2, 0.25) is 47.1 Å². The Labute approximate surface area is 531 Å². The number of likely N-dealkylation sites (N-methyl/N-ethyl adjacent to an activating group) is 1. The second-order valence-electron chi connectivity index (χ2n) is 23.9. The summed E-state index contributed by atoms with van der Waals surface area (Å²) in [5.74, 6) is -9.82. The molecule has 9 atom stereocenters. The Hall–Kier alpha value is -8.62. The maximum absolute atomic E-state index is 16.0. The molecule has 5 aromatic rings. The fraction of sp³-hybridized carbons (Fsp3) is 0.397. The van der Waals surface area contributed by atoms with E-state index in [0.717, 1.165) is 0 Å². The summed E-state index contributed by atoms with van der Waals surface area (Å²) in [4.78, 5) is 118. The van der Waals surface area contributed by atoms with Gasteiger partial charge in [-0.1, -0.05) is 82.9 Å². The van der Waals surface area contributed by atoms with E-state index >= 15 is 19.2 Å². The molecular formula is C63H74Cl2N8O16Si. The number of nitrogens with one attached hydrogen (secondary N) is 7. The molecule has 0 radical (unpaired) electrons. The number of methoxy groups -OCH3 is 4. The predicted molar refractivity (Wildman–Crippen MR) is 335 cm³/mol. The van der Waals surface area contributed by atoms with E-state index in [1.807, 2.05) is 33.9 Å². The van der Waals surface area contributed by atoms with E-state index in [2.05, 4.69) is 37.2 Å². The zero-order valence-corrected chi connectivity index (χ0v) is 54.4. The predicted octanol–water partition coefficient (Wildman–Crippen LogP) is 7.32. The summed E-state index contributed by atoms with van der Waals surface area (Å²) in [6, 6.07) is 7.34. The number of rotatable bonds is 13. The minimum Gasteiger partial charge on any atom is -0.497 e. The summed E-state index contributed by atoms with van der Waals surface area (Å²) < 4.78 is 43.8. The molecule has 10 rings (SSSR count). The van der Waals surface area contributed by atoms with Crippen LogP contribution in [0.25, 0.3) is 11.1 Å². The highest BCUT2D eigenvalue weighted by molar-refractivity contribution is 6.74.